The highest BCUT2D eigenvalue weighted by atomic mass is 35.5. The molecule has 0 aliphatic heterocycles. The first-order chi connectivity index (χ1) is 8.56. The number of benzene rings is 2. The van der Waals surface area contributed by atoms with Gasteiger partial charge >= 0.3 is 0 Å². The Morgan fingerprint density at radius 2 is 1.83 bits per heavy atom. The van der Waals surface area contributed by atoms with E-state index in [1.165, 1.54) is 24.3 Å². The molecule has 2 aromatic rings. The molecule has 0 aliphatic rings. The van der Waals surface area contributed by atoms with Gasteiger partial charge < -0.3 is 5.73 Å². The van der Waals surface area contributed by atoms with Crippen LogP contribution in [0, 0.1) is 5.82 Å². The molecular weight excluding hydrogens is 273 g/mol. The second-order valence-corrected chi connectivity index (χ2v) is 5.65. The van der Waals surface area contributed by atoms with E-state index in [0.717, 1.165) is 5.56 Å². The summed E-state index contributed by atoms with van der Waals surface area (Å²) in [5.74, 6) is -0.0636. The second kappa shape index (κ2) is 5.50. The lowest BCUT2D eigenvalue weighted by atomic mass is 10.2. The van der Waals surface area contributed by atoms with Crippen LogP contribution in [0.25, 0.3) is 0 Å². The maximum Gasteiger partial charge on any atom is 0.123 e. The number of nitrogen functional groups attached to an aromatic ring is 1. The van der Waals surface area contributed by atoms with Crippen molar-refractivity contribution in [2.24, 2.45) is 0 Å². The third-order valence-electron chi connectivity index (χ3n) is 2.44. The maximum absolute atomic E-state index is 12.8. The zero-order chi connectivity index (χ0) is 13.1. The first-order valence-corrected chi connectivity index (χ1v) is 6.94. The quantitative estimate of drug-likeness (QED) is 0.878. The molecule has 0 fully saturated rings. The highest BCUT2D eigenvalue weighted by molar-refractivity contribution is 7.84. The van der Waals surface area contributed by atoms with E-state index in [0.29, 0.717) is 15.6 Å². The van der Waals surface area contributed by atoms with Crippen molar-refractivity contribution in [1.29, 1.82) is 0 Å². The first kappa shape index (κ1) is 13.1. The summed E-state index contributed by atoms with van der Waals surface area (Å²) >= 11 is 6.01. The number of rotatable bonds is 3. The van der Waals surface area contributed by atoms with Gasteiger partial charge in [-0.3, -0.25) is 4.21 Å². The minimum absolute atomic E-state index is 0.282. The van der Waals surface area contributed by atoms with Crippen molar-refractivity contribution >= 4 is 28.1 Å². The molecule has 0 radical (unpaired) electrons. The van der Waals surface area contributed by atoms with Crippen LogP contribution in [-0.2, 0) is 16.6 Å². The first-order valence-electron chi connectivity index (χ1n) is 5.24. The fraction of sp³-hybridized carbons (Fsp3) is 0.0769. The Labute approximate surface area is 112 Å². The Morgan fingerprint density at radius 1 is 1.17 bits per heavy atom. The van der Waals surface area contributed by atoms with Crippen LogP contribution in [0.3, 0.4) is 0 Å². The van der Waals surface area contributed by atoms with Crippen molar-refractivity contribution < 1.29 is 8.60 Å². The zero-order valence-corrected chi connectivity index (χ0v) is 11.0. The third-order valence-corrected chi connectivity index (χ3v) is 4.16. The highest BCUT2D eigenvalue weighted by Gasteiger charge is 2.08. The molecule has 5 heteroatoms. The lowest BCUT2D eigenvalue weighted by molar-refractivity contribution is 0.626. The molecule has 1 atom stereocenters. The standard InChI is InChI=1S/C13H11ClFNOS/c14-13-7-11(16)4-1-9(13)8-18(17)12-5-2-10(15)3-6-12/h1-7H,8,16H2. The molecule has 1 unspecified atom stereocenters. The van der Waals surface area contributed by atoms with Crippen molar-refractivity contribution in [3.63, 3.8) is 0 Å². The molecule has 0 heterocycles. The number of hydrogen-bond acceptors (Lipinski definition) is 2. The van der Waals surface area contributed by atoms with Gasteiger partial charge in [-0.25, -0.2) is 4.39 Å². The van der Waals surface area contributed by atoms with Crippen LogP contribution in [-0.4, -0.2) is 4.21 Å². The Hall–Kier alpha value is -1.39. The van der Waals surface area contributed by atoms with Crippen molar-refractivity contribution in [3.8, 4) is 0 Å². The van der Waals surface area contributed by atoms with Gasteiger partial charge in [0.15, 0.2) is 0 Å². The lowest BCUT2D eigenvalue weighted by Crippen LogP contribution is -1.98. The van der Waals surface area contributed by atoms with E-state index < -0.39 is 10.8 Å². The summed E-state index contributed by atoms with van der Waals surface area (Å²) in [6, 6.07) is 10.7. The predicted octanol–water partition coefficient (Wildman–Crippen LogP) is 3.37. The average Bonchev–Trinajstić information content (AvgIpc) is 2.33. The van der Waals surface area contributed by atoms with Crippen LogP contribution in [0.15, 0.2) is 47.4 Å². The van der Waals surface area contributed by atoms with Crippen LogP contribution in [0.4, 0.5) is 10.1 Å². The molecule has 18 heavy (non-hydrogen) atoms. The summed E-state index contributed by atoms with van der Waals surface area (Å²) < 4.78 is 24.8. The van der Waals surface area contributed by atoms with Crippen LogP contribution in [0.2, 0.25) is 5.02 Å². The van der Waals surface area contributed by atoms with Crippen molar-refractivity contribution in [3.05, 3.63) is 58.9 Å². The molecule has 0 aromatic heterocycles. The second-order valence-electron chi connectivity index (χ2n) is 3.79. The molecule has 0 saturated heterocycles. The molecular formula is C13H11ClFNOS. The summed E-state index contributed by atoms with van der Waals surface area (Å²) in [7, 11) is -1.25. The molecule has 2 aromatic carbocycles. The number of hydrogen-bond donors (Lipinski definition) is 1. The Bertz CT molecular complexity index is 586. The van der Waals surface area contributed by atoms with Gasteiger partial charge in [0.2, 0.25) is 0 Å². The van der Waals surface area contributed by atoms with E-state index in [1.807, 2.05) is 0 Å². The van der Waals surface area contributed by atoms with Crippen molar-refractivity contribution in [2.45, 2.75) is 10.6 Å². The average molecular weight is 284 g/mol. The zero-order valence-electron chi connectivity index (χ0n) is 9.40. The highest BCUT2D eigenvalue weighted by Crippen LogP contribution is 2.22. The summed E-state index contributed by atoms with van der Waals surface area (Å²) in [5, 5.41) is 0.491. The minimum atomic E-state index is -1.25. The van der Waals surface area contributed by atoms with Crippen LogP contribution in [0.1, 0.15) is 5.56 Å². The third kappa shape index (κ3) is 3.09. The molecule has 0 saturated carbocycles. The number of anilines is 1. The van der Waals surface area contributed by atoms with E-state index in [-0.39, 0.29) is 11.6 Å². The lowest BCUT2D eigenvalue weighted by Gasteiger charge is -2.05. The summed E-state index contributed by atoms with van der Waals surface area (Å²) in [6.07, 6.45) is 0. The Kier molecular flexibility index (Phi) is 3.99. The topological polar surface area (TPSA) is 43.1 Å². The molecule has 0 bridgehead atoms. The van der Waals surface area contributed by atoms with Gasteiger partial charge in [-0.05, 0) is 42.0 Å². The van der Waals surface area contributed by atoms with Gasteiger partial charge in [-0.1, -0.05) is 17.7 Å². The van der Waals surface area contributed by atoms with Gasteiger partial charge in [0.1, 0.15) is 5.82 Å². The monoisotopic (exact) mass is 283 g/mol. The summed E-state index contributed by atoms with van der Waals surface area (Å²) in [6.45, 7) is 0. The van der Waals surface area contributed by atoms with E-state index in [2.05, 4.69) is 0 Å². The van der Waals surface area contributed by atoms with Crippen molar-refractivity contribution in [2.75, 3.05) is 5.73 Å². The molecule has 0 aliphatic carbocycles. The molecule has 2 rings (SSSR count). The molecule has 94 valence electrons. The van der Waals surface area contributed by atoms with Crippen molar-refractivity contribution in [1.82, 2.24) is 0 Å². The van der Waals surface area contributed by atoms with Crippen LogP contribution < -0.4 is 5.73 Å². The van der Waals surface area contributed by atoms with E-state index >= 15 is 0 Å². The molecule has 2 nitrogen and oxygen atoms in total. The van der Waals surface area contributed by atoms with E-state index in [4.69, 9.17) is 17.3 Å². The van der Waals surface area contributed by atoms with Gasteiger partial charge in [-0.2, -0.15) is 0 Å². The predicted molar refractivity (Wildman–Crippen MR) is 72.4 cm³/mol. The molecule has 2 N–H and O–H groups in total. The van der Waals surface area contributed by atoms with Gasteiger partial charge in [0.05, 0.1) is 16.6 Å². The fourth-order valence-electron chi connectivity index (χ4n) is 1.49. The number of halogens is 2. The number of nitrogens with two attached hydrogens (primary N) is 1. The summed E-state index contributed by atoms with van der Waals surface area (Å²) in [4.78, 5) is 0.573. The molecule has 0 spiro atoms. The molecule has 0 amide bonds. The fourth-order valence-corrected chi connectivity index (χ4v) is 2.97. The SMILES string of the molecule is Nc1ccc(CS(=O)c2ccc(F)cc2)c(Cl)c1. The Morgan fingerprint density at radius 3 is 2.44 bits per heavy atom. The van der Waals surface area contributed by atoms with Crippen LogP contribution in [0.5, 0.6) is 0 Å². The van der Waals surface area contributed by atoms with E-state index in [1.54, 1.807) is 18.2 Å². The largest absolute Gasteiger partial charge is 0.399 e. The minimum Gasteiger partial charge on any atom is -0.399 e. The Balaban J connectivity index is 2.18. The smallest absolute Gasteiger partial charge is 0.123 e. The normalized spacial score (nSPS) is 12.3. The van der Waals surface area contributed by atoms with Crippen LogP contribution >= 0.6 is 11.6 Å². The van der Waals surface area contributed by atoms with Gasteiger partial charge in [0.25, 0.3) is 0 Å². The van der Waals surface area contributed by atoms with Gasteiger partial charge in [0, 0.05) is 15.6 Å². The van der Waals surface area contributed by atoms with E-state index in [9.17, 15) is 8.60 Å². The maximum atomic E-state index is 12.8. The summed E-state index contributed by atoms with van der Waals surface area (Å²) in [5.41, 5.74) is 6.91. The van der Waals surface area contributed by atoms with Gasteiger partial charge in [-0.15, -0.1) is 0 Å².